The van der Waals surface area contributed by atoms with Gasteiger partial charge in [0.25, 0.3) is 0 Å². The maximum absolute atomic E-state index is 11.6. The van der Waals surface area contributed by atoms with Gasteiger partial charge in [-0.3, -0.25) is 4.79 Å². The Hall–Kier alpha value is -1.26. The van der Waals surface area contributed by atoms with Crippen LogP contribution in [0.4, 0.5) is 0 Å². The van der Waals surface area contributed by atoms with Crippen LogP contribution in [0.2, 0.25) is 5.02 Å². The Morgan fingerprint density at radius 1 is 1.50 bits per heavy atom. The van der Waals surface area contributed by atoms with Crippen molar-refractivity contribution in [1.29, 1.82) is 0 Å². The predicted molar refractivity (Wildman–Crippen MR) is 68.8 cm³/mol. The summed E-state index contributed by atoms with van der Waals surface area (Å²) in [5, 5.41) is 12.5. The number of hydrogen-bond donors (Lipinski definition) is 2. The summed E-state index contributed by atoms with van der Waals surface area (Å²) in [6.45, 7) is 0.307. The number of benzene rings is 1. The standard InChI is InChI=1S/C13H16ClNO3/c14-10-2-1-3-11(8-10)18-7-4-12(17)15-13(9-16)5-6-13/h1-3,8,16H,4-7,9H2,(H,15,17). The summed E-state index contributed by atoms with van der Waals surface area (Å²) < 4.78 is 5.42. The van der Waals surface area contributed by atoms with E-state index in [4.69, 9.17) is 21.4 Å². The molecule has 1 saturated carbocycles. The summed E-state index contributed by atoms with van der Waals surface area (Å²) in [6.07, 6.45) is 1.98. The first kappa shape index (κ1) is 13.2. The molecule has 1 amide bonds. The second-order valence-corrected chi connectivity index (χ2v) is 4.98. The Morgan fingerprint density at radius 3 is 2.89 bits per heavy atom. The van der Waals surface area contributed by atoms with Crippen molar-refractivity contribution in [3.63, 3.8) is 0 Å². The van der Waals surface area contributed by atoms with Gasteiger partial charge in [0.15, 0.2) is 0 Å². The Bertz CT molecular complexity index is 432. The minimum absolute atomic E-state index is 0.00783. The molecule has 0 bridgehead atoms. The van der Waals surface area contributed by atoms with Crippen molar-refractivity contribution >= 4 is 17.5 Å². The molecule has 1 fully saturated rings. The minimum atomic E-state index is -0.354. The summed E-state index contributed by atoms with van der Waals surface area (Å²) in [4.78, 5) is 11.6. The van der Waals surface area contributed by atoms with Gasteiger partial charge in [-0.1, -0.05) is 17.7 Å². The highest BCUT2D eigenvalue weighted by Gasteiger charge is 2.43. The largest absolute Gasteiger partial charge is 0.493 e. The molecule has 2 rings (SSSR count). The van der Waals surface area contributed by atoms with Crippen molar-refractivity contribution in [2.75, 3.05) is 13.2 Å². The van der Waals surface area contributed by atoms with Crippen molar-refractivity contribution < 1.29 is 14.6 Å². The van der Waals surface area contributed by atoms with Crippen molar-refractivity contribution in [2.45, 2.75) is 24.8 Å². The van der Waals surface area contributed by atoms with E-state index in [0.717, 1.165) is 12.8 Å². The fourth-order valence-electron chi connectivity index (χ4n) is 1.65. The smallest absolute Gasteiger partial charge is 0.223 e. The highest BCUT2D eigenvalue weighted by Crippen LogP contribution is 2.34. The number of halogens is 1. The molecule has 18 heavy (non-hydrogen) atoms. The summed E-state index contributed by atoms with van der Waals surface area (Å²) in [6, 6.07) is 7.05. The number of amides is 1. The van der Waals surface area contributed by atoms with Gasteiger partial charge in [0.1, 0.15) is 5.75 Å². The van der Waals surface area contributed by atoms with Crippen LogP contribution in [0.5, 0.6) is 5.75 Å². The molecule has 0 spiro atoms. The number of nitrogens with one attached hydrogen (secondary N) is 1. The third-order valence-corrected chi connectivity index (χ3v) is 3.19. The topological polar surface area (TPSA) is 58.6 Å². The molecule has 4 nitrogen and oxygen atoms in total. The number of carbonyl (C=O) groups is 1. The van der Waals surface area contributed by atoms with E-state index in [2.05, 4.69) is 5.32 Å². The summed E-state index contributed by atoms with van der Waals surface area (Å²) in [5.41, 5.74) is -0.354. The van der Waals surface area contributed by atoms with Crippen LogP contribution in [0, 0.1) is 0 Å². The monoisotopic (exact) mass is 269 g/mol. The molecule has 1 aliphatic rings. The van der Waals surface area contributed by atoms with Gasteiger partial charge in [-0.05, 0) is 31.0 Å². The molecule has 1 aromatic carbocycles. The van der Waals surface area contributed by atoms with Gasteiger partial charge in [0.05, 0.1) is 25.2 Å². The Kier molecular flexibility index (Phi) is 4.09. The molecule has 0 saturated heterocycles. The van der Waals surface area contributed by atoms with E-state index in [1.807, 2.05) is 0 Å². The third-order valence-electron chi connectivity index (χ3n) is 2.95. The summed E-state index contributed by atoms with van der Waals surface area (Å²) in [7, 11) is 0. The molecule has 0 radical (unpaired) electrons. The van der Waals surface area contributed by atoms with Gasteiger partial charge in [0, 0.05) is 5.02 Å². The van der Waals surface area contributed by atoms with Crippen LogP contribution in [0.25, 0.3) is 0 Å². The molecule has 0 unspecified atom stereocenters. The lowest BCUT2D eigenvalue weighted by Crippen LogP contribution is -2.40. The average molecular weight is 270 g/mol. The van der Waals surface area contributed by atoms with Crippen molar-refractivity contribution in [3.05, 3.63) is 29.3 Å². The molecule has 5 heteroatoms. The molecular weight excluding hydrogens is 254 g/mol. The molecule has 1 aromatic rings. The zero-order chi connectivity index (χ0) is 13.0. The minimum Gasteiger partial charge on any atom is -0.493 e. The zero-order valence-electron chi connectivity index (χ0n) is 9.99. The zero-order valence-corrected chi connectivity index (χ0v) is 10.7. The van der Waals surface area contributed by atoms with Crippen molar-refractivity contribution in [1.82, 2.24) is 5.32 Å². The summed E-state index contributed by atoms with van der Waals surface area (Å²) in [5.74, 6) is 0.558. The fourth-order valence-corrected chi connectivity index (χ4v) is 1.83. The van der Waals surface area contributed by atoms with Crippen LogP contribution in [0.1, 0.15) is 19.3 Å². The lowest BCUT2D eigenvalue weighted by atomic mass is 10.2. The molecule has 0 aliphatic heterocycles. The number of aliphatic hydroxyl groups excluding tert-OH is 1. The second kappa shape index (κ2) is 5.59. The normalized spacial score (nSPS) is 16.1. The van der Waals surface area contributed by atoms with Crippen molar-refractivity contribution in [3.8, 4) is 5.75 Å². The molecule has 1 aliphatic carbocycles. The van der Waals surface area contributed by atoms with Crippen LogP contribution in [0.3, 0.4) is 0 Å². The number of rotatable bonds is 6. The van der Waals surface area contributed by atoms with Crippen LogP contribution in [0.15, 0.2) is 24.3 Å². The highest BCUT2D eigenvalue weighted by molar-refractivity contribution is 6.30. The fraction of sp³-hybridized carbons (Fsp3) is 0.462. The van der Waals surface area contributed by atoms with Gasteiger partial charge >= 0.3 is 0 Å². The Balaban J connectivity index is 1.70. The third kappa shape index (κ3) is 3.62. The maximum atomic E-state index is 11.6. The van der Waals surface area contributed by atoms with Gasteiger partial charge in [-0.25, -0.2) is 0 Å². The van der Waals surface area contributed by atoms with E-state index in [0.29, 0.717) is 17.4 Å². The lowest BCUT2D eigenvalue weighted by Gasteiger charge is -2.14. The van der Waals surface area contributed by atoms with Crippen molar-refractivity contribution in [2.24, 2.45) is 0 Å². The molecule has 0 heterocycles. The van der Waals surface area contributed by atoms with Gasteiger partial charge in [-0.2, -0.15) is 0 Å². The van der Waals surface area contributed by atoms with Crippen LogP contribution >= 0.6 is 11.6 Å². The van der Waals surface area contributed by atoms with E-state index >= 15 is 0 Å². The summed E-state index contributed by atoms with van der Waals surface area (Å²) >= 11 is 5.81. The first-order valence-corrected chi connectivity index (χ1v) is 6.32. The van der Waals surface area contributed by atoms with E-state index in [1.54, 1.807) is 24.3 Å². The number of carbonyl (C=O) groups excluding carboxylic acids is 1. The number of aliphatic hydroxyl groups is 1. The van der Waals surface area contributed by atoms with Crippen LogP contribution in [-0.4, -0.2) is 29.8 Å². The molecular formula is C13H16ClNO3. The van der Waals surface area contributed by atoms with Gasteiger partial charge in [-0.15, -0.1) is 0 Å². The second-order valence-electron chi connectivity index (χ2n) is 4.54. The van der Waals surface area contributed by atoms with Gasteiger partial charge < -0.3 is 15.2 Å². The van der Waals surface area contributed by atoms with Gasteiger partial charge in [0.2, 0.25) is 5.91 Å². The molecule has 0 atom stereocenters. The van der Waals surface area contributed by atoms with E-state index in [1.165, 1.54) is 0 Å². The SMILES string of the molecule is O=C(CCOc1cccc(Cl)c1)NC1(CO)CC1. The lowest BCUT2D eigenvalue weighted by molar-refractivity contribution is -0.122. The highest BCUT2D eigenvalue weighted by atomic mass is 35.5. The molecule has 2 N–H and O–H groups in total. The van der Waals surface area contributed by atoms with Crippen LogP contribution in [-0.2, 0) is 4.79 Å². The molecule has 0 aromatic heterocycles. The number of hydrogen-bond acceptors (Lipinski definition) is 3. The quantitative estimate of drug-likeness (QED) is 0.827. The maximum Gasteiger partial charge on any atom is 0.223 e. The predicted octanol–water partition coefficient (Wildman–Crippen LogP) is 1.75. The Labute approximate surface area is 111 Å². The first-order valence-electron chi connectivity index (χ1n) is 5.94. The average Bonchev–Trinajstić information content (AvgIpc) is 3.09. The van der Waals surface area contributed by atoms with E-state index in [9.17, 15) is 4.79 Å². The number of ether oxygens (including phenoxy) is 1. The van der Waals surface area contributed by atoms with E-state index < -0.39 is 0 Å². The Morgan fingerprint density at radius 2 is 2.28 bits per heavy atom. The van der Waals surface area contributed by atoms with E-state index in [-0.39, 0.29) is 24.5 Å². The van der Waals surface area contributed by atoms with Crippen LogP contribution < -0.4 is 10.1 Å². The first-order chi connectivity index (χ1) is 8.63. The molecule has 98 valence electrons.